The van der Waals surface area contributed by atoms with Crippen molar-refractivity contribution in [3.05, 3.63) is 65.2 Å². The molecule has 2 aromatic carbocycles. The number of nitrogens with one attached hydrogen (secondary N) is 2. The van der Waals surface area contributed by atoms with Gasteiger partial charge in [-0.25, -0.2) is 0 Å². The average molecular weight is 534 g/mol. The molecule has 3 N–H and O–H groups in total. The maximum absolute atomic E-state index is 14.1. The van der Waals surface area contributed by atoms with Gasteiger partial charge < -0.3 is 25.4 Å². The normalized spacial score (nSPS) is 29.0. The molecule has 3 aliphatic rings. The summed E-state index contributed by atoms with van der Waals surface area (Å²) < 4.78 is 6.81. The van der Waals surface area contributed by atoms with E-state index >= 15 is 0 Å². The molecule has 3 amide bonds. The summed E-state index contributed by atoms with van der Waals surface area (Å²) in [5, 5.41) is 15.5. The summed E-state index contributed by atoms with van der Waals surface area (Å²) in [6.45, 7) is 6.59. The fraction of sp³-hybridized carbons (Fsp3) is 0.516. The second-order valence-corrected chi connectivity index (χ2v) is 11.3. The third-order valence-electron chi connectivity index (χ3n) is 8.98. The minimum Gasteiger partial charge on any atom is -0.396 e. The highest BCUT2D eigenvalue weighted by molar-refractivity contribution is 6.04. The molecular formula is C31H39N3O5. The fourth-order valence-electron chi connectivity index (χ4n) is 7.02. The maximum atomic E-state index is 14.1. The zero-order valence-corrected chi connectivity index (χ0v) is 23.0. The molecular weight excluding hydrogens is 494 g/mol. The first-order valence-electron chi connectivity index (χ1n) is 14.1. The number of hydrogen-bond donors (Lipinski definition) is 3. The van der Waals surface area contributed by atoms with Gasteiger partial charge in [-0.3, -0.25) is 14.4 Å². The van der Waals surface area contributed by atoms with Gasteiger partial charge >= 0.3 is 0 Å². The third-order valence-corrected chi connectivity index (χ3v) is 8.98. The molecule has 3 aliphatic heterocycles. The number of aryl methyl sites for hydroxylation is 2. The highest BCUT2D eigenvalue weighted by atomic mass is 16.5. The molecule has 5 rings (SSSR count). The molecule has 0 saturated carbocycles. The zero-order chi connectivity index (χ0) is 27.8. The summed E-state index contributed by atoms with van der Waals surface area (Å²) in [5.74, 6) is -2.10. The average Bonchev–Trinajstić information content (AvgIpc) is 3.54. The Labute approximate surface area is 230 Å². The van der Waals surface area contributed by atoms with Gasteiger partial charge in [-0.05, 0) is 68.7 Å². The van der Waals surface area contributed by atoms with Gasteiger partial charge in [-0.1, -0.05) is 49.4 Å². The van der Waals surface area contributed by atoms with Crippen LogP contribution in [0.1, 0.15) is 55.7 Å². The number of fused-ring (bicyclic) bond motifs is 1. The zero-order valence-electron chi connectivity index (χ0n) is 23.0. The lowest BCUT2D eigenvalue weighted by atomic mass is 9.65. The van der Waals surface area contributed by atoms with Crippen LogP contribution in [0.2, 0.25) is 0 Å². The number of likely N-dealkylation sites (tertiary alicyclic amines) is 1. The smallest absolute Gasteiger partial charge is 0.250 e. The first-order chi connectivity index (χ1) is 18.8. The van der Waals surface area contributed by atoms with Crippen molar-refractivity contribution in [2.24, 2.45) is 11.8 Å². The Hall–Kier alpha value is -3.23. The summed E-state index contributed by atoms with van der Waals surface area (Å²) in [4.78, 5) is 43.6. The summed E-state index contributed by atoms with van der Waals surface area (Å²) in [7, 11) is 0. The van der Waals surface area contributed by atoms with E-state index in [0.29, 0.717) is 50.9 Å². The predicted molar refractivity (Wildman–Crippen MR) is 148 cm³/mol. The summed E-state index contributed by atoms with van der Waals surface area (Å²) in [5.41, 5.74) is 1.78. The Balaban J connectivity index is 1.48. The maximum Gasteiger partial charge on any atom is 0.250 e. The van der Waals surface area contributed by atoms with E-state index in [1.165, 1.54) is 0 Å². The molecule has 3 heterocycles. The number of aliphatic hydroxyl groups excluding tert-OH is 1. The van der Waals surface area contributed by atoms with E-state index in [2.05, 4.69) is 10.6 Å². The molecule has 8 heteroatoms. The molecule has 208 valence electrons. The lowest BCUT2D eigenvalue weighted by molar-refractivity contribution is -0.146. The fourth-order valence-corrected chi connectivity index (χ4v) is 7.02. The predicted octanol–water partition coefficient (Wildman–Crippen LogP) is 3.49. The Morgan fingerprint density at radius 3 is 2.56 bits per heavy atom. The second-order valence-electron chi connectivity index (χ2n) is 11.3. The molecule has 1 spiro atoms. The molecule has 3 fully saturated rings. The minimum absolute atomic E-state index is 0.00984. The molecule has 2 bridgehead atoms. The number of aliphatic hydroxyl groups is 1. The summed E-state index contributed by atoms with van der Waals surface area (Å²) in [6.07, 6.45) is 2.82. The van der Waals surface area contributed by atoms with Crippen LogP contribution >= 0.6 is 0 Å². The molecule has 3 saturated heterocycles. The van der Waals surface area contributed by atoms with Gasteiger partial charge in [0.15, 0.2) is 0 Å². The van der Waals surface area contributed by atoms with Crippen molar-refractivity contribution in [1.82, 2.24) is 10.2 Å². The van der Waals surface area contributed by atoms with E-state index in [-0.39, 0.29) is 24.3 Å². The number of ether oxygens (including phenoxy) is 1. The number of benzene rings is 2. The largest absolute Gasteiger partial charge is 0.396 e. The lowest BCUT2D eigenvalue weighted by Crippen LogP contribution is -2.53. The van der Waals surface area contributed by atoms with Gasteiger partial charge in [0.25, 0.3) is 0 Å². The van der Waals surface area contributed by atoms with Crippen molar-refractivity contribution < 1.29 is 24.2 Å². The van der Waals surface area contributed by atoms with Crippen LogP contribution in [0.5, 0.6) is 0 Å². The monoisotopic (exact) mass is 533 g/mol. The number of amides is 3. The summed E-state index contributed by atoms with van der Waals surface area (Å²) in [6, 6.07) is 14.7. The van der Waals surface area contributed by atoms with Crippen molar-refractivity contribution >= 4 is 23.4 Å². The van der Waals surface area contributed by atoms with Crippen LogP contribution in [0.4, 0.5) is 5.69 Å². The third kappa shape index (κ3) is 4.63. The van der Waals surface area contributed by atoms with Gasteiger partial charge in [0, 0.05) is 25.4 Å². The highest BCUT2D eigenvalue weighted by Gasteiger charge is 2.78. The van der Waals surface area contributed by atoms with E-state index < -0.39 is 29.1 Å². The van der Waals surface area contributed by atoms with Gasteiger partial charge in [0.2, 0.25) is 17.7 Å². The van der Waals surface area contributed by atoms with Gasteiger partial charge in [-0.15, -0.1) is 0 Å². The number of nitrogens with zero attached hydrogens (tertiary/aromatic N) is 1. The van der Waals surface area contributed by atoms with Gasteiger partial charge in [0.05, 0.1) is 17.4 Å². The molecule has 0 aromatic heterocycles. The van der Waals surface area contributed by atoms with E-state index in [1.807, 2.05) is 69.3 Å². The molecule has 5 atom stereocenters. The molecule has 39 heavy (non-hydrogen) atoms. The van der Waals surface area contributed by atoms with E-state index in [4.69, 9.17) is 4.74 Å². The Morgan fingerprint density at radius 2 is 1.85 bits per heavy atom. The quantitative estimate of drug-likeness (QED) is 0.405. The number of rotatable bonds is 10. The van der Waals surface area contributed by atoms with Crippen molar-refractivity contribution in [3.63, 3.8) is 0 Å². The summed E-state index contributed by atoms with van der Waals surface area (Å²) >= 11 is 0. The molecule has 8 nitrogen and oxygen atoms in total. The molecule has 0 aliphatic carbocycles. The topological polar surface area (TPSA) is 108 Å². The Kier molecular flexibility index (Phi) is 7.53. The molecule has 0 radical (unpaired) electrons. The number of carbonyl (C=O) groups excluding carboxylic acids is 3. The van der Waals surface area contributed by atoms with Crippen LogP contribution in [-0.4, -0.2) is 58.1 Å². The molecule has 2 aromatic rings. The van der Waals surface area contributed by atoms with E-state index in [1.54, 1.807) is 4.90 Å². The van der Waals surface area contributed by atoms with Gasteiger partial charge in [-0.2, -0.15) is 0 Å². The van der Waals surface area contributed by atoms with Crippen LogP contribution in [-0.2, 0) is 25.7 Å². The Bertz CT molecular complexity index is 1250. The first-order valence-corrected chi connectivity index (χ1v) is 14.1. The highest BCUT2D eigenvalue weighted by Crippen LogP contribution is 2.64. The van der Waals surface area contributed by atoms with Crippen molar-refractivity contribution in [2.45, 2.75) is 76.7 Å². The first kappa shape index (κ1) is 27.3. The number of hydrogen-bond acceptors (Lipinski definition) is 5. The SMILES string of the molecule is CC[C@]12CCC3(O1)C(C(=O)Nc1cc(C)ccc1C)N(CCCCO)C(=O)[C@@H]3[C@H]2C(=O)NCc1ccccc1. The number of unbranched alkanes of at least 4 members (excludes halogenated alkanes) is 1. The van der Waals surface area contributed by atoms with Crippen LogP contribution < -0.4 is 10.6 Å². The molecule has 2 unspecified atom stereocenters. The number of anilines is 1. The van der Waals surface area contributed by atoms with E-state index in [0.717, 1.165) is 16.7 Å². The van der Waals surface area contributed by atoms with Crippen molar-refractivity contribution in [2.75, 3.05) is 18.5 Å². The van der Waals surface area contributed by atoms with Gasteiger partial charge in [0.1, 0.15) is 11.6 Å². The van der Waals surface area contributed by atoms with Crippen molar-refractivity contribution in [1.29, 1.82) is 0 Å². The minimum atomic E-state index is -1.07. The Morgan fingerprint density at radius 1 is 1.08 bits per heavy atom. The van der Waals surface area contributed by atoms with E-state index in [9.17, 15) is 19.5 Å². The second kappa shape index (κ2) is 10.7. The number of carbonyl (C=O) groups is 3. The van der Waals surface area contributed by atoms with Crippen LogP contribution in [0.25, 0.3) is 0 Å². The van der Waals surface area contributed by atoms with Crippen molar-refractivity contribution in [3.8, 4) is 0 Å². The lowest BCUT2D eigenvalue weighted by Gasteiger charge is -2.34. The van der Waals surface area contributed by atoms with Crippen LogP contribution in [0.3, 0.4) is 0 Å². The van der Waals surface area contributed by atoms with Crippen LogP contribution in [0, 0.1) is 25.7 Å². The van der Waals surface area contributed by atoms with Crippen LogP contribution in [0.15, 0.2) is 48.5 Å². The standard InChI is InChI=1S/C31H39N3O5/c1-4-30-14-15-31(39-30)25(24(30)27(36)32-19-22-10-6-5-7-11-22)29(38)34(16-8-9-17-35)26(31)28(37)33-23-18-20(2)12-13-21(23)3/h5-7,10-13,18,24-26,35H,4,8-9,14-17,19H2,1-3H3,(H,32,36)(H,33,37)/t24-,25-,26?,30+,31?/m0/s1.